The lowest BCUT2D eigenvalue weighted by Crippen LogP contribution is -2.33. The Kier molecular flexibility index (Phi) is 7.60. The molecule has 0 aliphatic heterocycles. The molecule has 118 valence electrons. The molecular weight excluding hydrogens is 288 g/mol. The van der Waals surface area contributed by atoms with Crippen LogP contribution < -0.4 is 5.32 Å². The van der Waals surface area contributed by atoms with E-state index in [0.29, 0.717) is 0 Å². The lowest BCUT2D eigenvalue weighted by Gasteiger charge is -2.19. The largest absolute Gasteiger partial charge is 0.395 e. The SMILES string of the molecule is C=CCN(CCO)S(=O)(=O)c1ccc(CCCNC)cc1. The summed E-state index contributed by atoms with van der Waals surface area (Å²) in [6.07, 6.45) is 3.43. The average molecular weight is 312 g/mol. The maximum atomic E-state index is 12.4. The van der Waals surface area contributed by atoms with Gasteiger partial charge in [0.05, 0.1) is 11.5 Å². The van der Waals surface area contributed by atoms with Crippen LogP contribution in [0.3, 0.4) is 0 Å². The van der Waals surface area contributed by atoms with Gasteiger partial charge in [-0.15, -0.1) is 6.58 Å². The van der Waals surface area contributed by atoms with Crippen molar-refractivity contribution in [3.05, 3.63) is 42.5 Å². The highest BCUT2D eigenvalue weighted by Gasteiger charge is 2.22. The maximum absolute atomic E-state index is 12.4. The van der Waals surface area contributed by atoms with Crippen molar-refractivity contribution in [2.45, 2.75) is 17.7 Å². The first-order valence-corrected chi connectivity index (χ1v) is 8.45. The third-order valence-corrected chi connectivity index (χ3v) is 5.01. The lowest BCUT2D eigenvalue weighted by atomic mass is 10.1. The highest BCUT2D eigenvalue weighted by Crippen LogP contribution is 2.17. The molecular formula is C15H24N2O3S. The van der Waals surface area contributed by atoms with Gasteiger partial charge in [0.15, 0.2) is 0 Å². The van der Waals surface area contributed by atoms with Crippen LogP contribution in [0.15, 0.2) is 41.8 Å². The minimum absolute atomic E-state index is 0.0677. The van der Waals surface area contributed by atoms with Crippen molar-refractivity contribution in [2.75, 3.05) is 33.3 Å². The van der Waals surface area contributed by atoms with Crippen molar-refractivity contribution in [3.8, 4) is 0 Å². The van der Waals surface area contributed by atoms with Gasteiger partial charge in [0.25, 0.3) is 0 Å². The Bertz CT molecular complexity index is 526. The van der Waals surface area contributed by atoms with Gasteiger partial charge < -0.3 is 10.4 Å². The zero-order valence-electron chi connectivity index (χ0n) is 12.5. The highest BCUT2D eigenvalue weighted by atomic mass is 32.2. The van der Waals surface area contributed by atoms with Gasteiger partial charge in [-0.1, -0.05) is 18.2 Å². The first-order valence-electron chi connectivity index (χ1n) is 7.01. The number of nitrogens with zero attached hydrogens (tertiary/aromatic N) is 1. The van der Waals surface area contributed by atoms with Crippen molar-refractivity contribution < 1.29 is 13.5 Å². The molecule has 0 fully saturated rings. The van der Waals surface area contributed by atoms with E-state index in [-0.39, 0.29) is 24.6 Å². The lowest BCUT2D eigenvalue weighted by molar-refractivity contribution is 0.260. The summed E-state index contributed by atoms with van der Waals surface area (Å²) >= 11 is 0. The third-order valence-electron chi connectivity index (χ3n) is 3.14. The number of nitrogens with one attached hydrogen (secondary N) is 1. The Morgan fingerprint density at radius 3 is 2.52 bits per heavy atom. The van der Waals surface area contributed by atoms with E-state index in [4.69, 9.17) is 5.11 Å². The van der Waals surface area contributed by atoms with Gasteiger partial charge in [-0.05, 0) is 44.1 Å². The molecule has 21 heavy (non-hydrogen) atoms. The molecule has 0 aliphatic rings. The fraction of sp³-hybridized carbons (Fsp3) is 0.467. The number of sulfonamides is 1. The van der Waals surface area contributed by atoms with Crippen molar-refractivity contribution in [3.63, 3.8) is 0 Å². The van der Waals surface area contributed by atoms with Crippen molar-refractivity contribution in [1.82, 2.24) is 9.62 Å². The molecule has 0 aromatic heterocycles. The number of benzene rings is 1. The number of aliphatic hydroxyl groups is 1. The zero-order valence-corrected chi connectivity index (χ0v) is 13.3. The predicted molar refractivity (Wildman–Crippen MR) is 84.7 cm³/mol. The molecule has 0 saturated heterocycles. The fourth-order valence-corrected chi connectivity index (χ4v) is 3.41. The summed E-state index contributed by atoms with van der Waals surface area (Å²) in [6.45, 7) is 4.53. The van der Waals surface area contributed by atoms with E-state index in [1.165, 1.54) is 10.4 Å². The zero-order chi connectivity index (χ0) is 15.7. The number of aliphatic hydroxyl groups excluding tert-OH is 1. The summed E-state index contributed by atoms with van der Waals surface area (Å²) in [4.78, 5) is 0.246. The molecule has 0 bridgehead atoms. The van der Waals surface area contributed by atoms with E-state index in [9.17, 15) is 8.42 Å². The van der Waals surface area contributed by atoms with Gasteiger partial charge in [0.1, 0.15) is 0 Å². The molecule has 0 unspecified atom stereocenters. The van der Waals surface area contributed by atoms with E-state index < -0.39 is 10.0 Å². The third kappa shape index (κ3) is 5.24. The van der Waals surface area contributed by atoms with Gasteiger partial charge in [-0.25, -0.2) is 8.42 Å². The van der Waals surface area contributed by atoms with Gasteiger partial charge in [-0.2, -0.15) is 4.31 Å². The second-order valence-corrected chi connectivity index (χ2v) is 6.66. The molecule has 2 N–H and O–H groups in total. The summed E-state index contributed by atoms with van der Waals surface area (Å²) < 4.78 is 26.1. The molecule has 1 rings (SSSR count). The molecule has 6 heteroatoms. The minimum Gasteiger partial charge on any atom is -0.395 e. The standard InChI is InChI=1S/C15H24N2O3S/c1-3-11-17(12-13-18)21(19,20)15-8-6-14(7-9-15)5-4-10-16-2/h3,6-9,16,18H,1,4-5,10-13H2,2H3. The van der Waals surface area contributed by atoms with Crippen LogP contribution in [0.4, 0.5) is 0 Å². The molecule has 0 atom stereocenters. The van der Waals surface area contributed by atoms with Gasteiger partial charge in [-0.3, -0.25) is 0 Å². The normalized spacial score (nSPS) is 11.8. The summed E-state index contributed by atoms with van der Waals surface area (Å²) in [5, 5.41) is 12.1. The van der Waals surface area contributed by atoms with Crippen LogP contribution >= 0.6 is 0 Å². The maximum Gasteiger partial charge on any atom is 0.243 e. The highest BCUT2D eigenvalue weighted by molar-refractivity contribution is 7.89. The number of hydrogen-bond donors (Lipinski definition) is 2. The molecule has 0 spiro atoms. The average Bonchev–Trinajstić information content (AvgIpc) is 2.48. The van der Waals surface area contributed by atoms with Crippen molar-refractivity contribution >= 4 is 10.0 Å². The second kappa shape index (κ2) is 8.94. The monoisotopic (exact) mass is 312 g/mol. The Balaban J connectivity index is 2.85. The van der Waals surface area contributed by atoms with Gasteiger partial charge in [0, 0.05) is 13.1 Å². The van der Waals surface area contributed by atoms with E-state index in [0.717, 1.165) is 24.9 Å². The first-order chi connectivity index (χ1) is 10.1. The smallest absolute Gasteiger partial charge is 0.243 e. The van der Waals surface area contributed by atoms with Gasteiger partial charge in [0.2, 0.25) is 10.0 Å². The Morgan fingerprint density at radius 2 is 2.00 bits per heavy atom. The van der Waals surface area contributed by atoms with E-state index in [2.05, 4.69) is 11.9 Å². The van der Waals surface area contributed by atoms with Crippen LogP contribution in [-0.4, -0.2) is 51.1 Å². The summed E-state index contributed by atoms with van der Waals surface area (Å²) in [5.41, 5.74) is 1.11. The van der Waals surface area contributed by atoms with Crippen LogP contribution in [-0.2, 0) is 16.4 Å². The molecule has 0 radical (unpaired) electrons. The molecule has 1 aromatic rings. The molecule has 1 aromatic carbocycles. The number of rotatable bonds is 10. The molecule has 5 nitrogen and oxygen atoms in total. The second-order valence-electron chi connectivity index (χ2n) is 4.73. The van der Waals surface area contributed by atoms with E-state index in [1.807, 2.05) is 19.2 Å². The summed E-state index contributed by atoms with van der Waals surface area (Å²) in [5.74, 6) is 0. The first kappa shape index (κ1) is 17.8. The van der Waals surface area contributed by atoms with E-state index >= 15 is 0 Å². The Hall–Kier alpha value is -1.21. The van der Waals surface area contributed by atoms with Crippen LogP contribution in [0.25, 0.3) is 0 Å². The summed E-state index contributed by atoms with van der Waals surface area (Å²) in [6, 6.07) is 6.93. The number of hydrogen-bond acceptors (Lipinski definition) is 4. The Labute approximate surface area is 127 Å². The van der Waals surface area contributed by atoms with Crippen molar-refractivity contribution in [2.24, 2.45) is 0 Å². The summed E-state index contributed by atoms with van der Waals surface area (Å²) in [7, 11) is -1.67. The van der Waals surface area contributed by atoms with Crippen LogP contribution in [0.5, 0.6) is 0 Å². The Morgan fingerprint density at radius 1 is 1.33 bits per heavy atom. The van der Waals surface area contributed by atoms with E-state index in [1.54, 1.807) is 12.1 Å². The van der Waals surface area contributed by atoms with Crippen LogP contribution in [0, 0.1) is 0 Å². The predicted octanol–water partition coefficient (Wildman–Crippen LogP) is 1.01. The fourth-order valence-electron chi connectivity index (χ4n) is 2.01. The molecule has 0 heterocycles. The molecule has 0 aliphatic carbocycles. The molecule has 0 amide bonds. The molecule has 0 saturated carbocycles. The minimum atomic E-state index is -3.58. The van der Waals surface area contributed by atoms with Crippen LogP contribution in [0.2, 0.25) is 0 Å². The van der Waals surface area contributed by atoms with Gasteiger partial charge >= 0.3 is 0 Å². The topological polar surface area (TPSA) is 69.6 Å². The van der Waals surface area contributed by atoms with Crippen molar-refractivity contribution in [1.29, 1.82) is 0 Å². The van der Waals surface area contributed by atoms with Crippen LogP contribution in [0.1, 0.15) is 12.0 Å². The number of aryl methyl sites for hydroxylation is 1. The quantitative estimate of drug-likeness (QED) is 0.500.